The molecule has 1 aliphatic rings. The van der Waals surface area contributed by atoms with Crippen molar-refractivity contribution in [3.05, 3.63) is 53.3 Å². The van der Waals surface area contributed by atoms with E-state index >= 15 is 0 Å². The van der Waals surface area contributed by atoms with Crippen LogP contribution in [0.5, 0.6) is 11.5 Å². The standard InChI is InChI=1S/C19H19N3O3S/c1-2-16-17(21-19(26-16)22-8-3-4-9-22)18(23)20-13-6-7-14-15(12-13)25-11-5-10-24-14/h3-4,6-9,12H,2,5,10-11H2,1H3,(H,20,23). The van der Waals surface area contributed by atoms with Crippen LogP contribution in [-0.2, 0) is 6.42 Å². The van der Waals surface area contributed by atoms with Crippen LogP contribution in [-0.4, -0.2) is 28.7 Å². The summed E-state index contributed by atoms with van der Waals surface area (Å²) in [5.74, 6) is 1.15. The number of hydrogen-bond donors (Lipinski definition) is 1. The lowest BCUT2D eigenvalue weighted by Crippen LogP contribution is -2.14. The van der Waals surface area contributed by atoms with Crippen molar-refractivity contribution in [2.24, 2.45) is 0 Å². The van der Waals surface area contributed by atoms with E-state index < -0.39 is 0 Å². The number of benzene rings is 1. The molecule has 1 amide bonds. The highest BCUT2D eigenvalue weighted by Crippen LogP contribution is 2.32. The van der Waals surface area contributed by atoms with Crippen LogP contribution in [0, 0.1) is 0 Å². The molecule has 4 rings (SSSR count). The van der Waals surface area contributed by atoms with Gasteiger partial charge >= 0.3 is 0 Å². The quantitative estimate of drug-likeness (QED) is 0.757. The fraction of sp³-hybridized carbons (Fsp3) is 0.263. The maximum Gasteiger partial charge on any atom is 0.275 e. The molecule has 2 aromatic heterocycles. The van der Waals surface area contributed by atoms with Gasteiger partial charge in [0, 0.05) is 35.4 Å². The van der Waals surface area contributed by atoms with Crippen LogP contribution in [0.3, 0.4) is 0 Å². The average molecular weight is 369 g/mol. The predicted octanol–water partition coefficient (Wildman–Crippen LogP) is 3.91. The fourth-order valence-electron chi connectivity index (χ4n) is 2.76. The second kappa shape index (κ2) is 7.21. The van der Waals surface area contributed by atoms with Crippen LogP contribution >= 0.6 is 11.3 Å². The van der Waals surface area contributed by atoms with Gasteiger partial charge in [-0.05, 0) is 30.7 Å². The van der Waals surface area contributed by atoms with Gasteiger partial charge in [0.25, 0.3) is 5.91 Å². The first-order valence-electron chi connectivity index (χ1n) is 8.58. The number of ether oxygens (including phenoxy) is 2. The summed E-state index contributed by atoms with van der Waals surface area (Å²) in [5, 5.41) is 3.71. The van der Waals surface area contributed by atoms with Crippen LogP contribution in [0.2, 0.25) is 0 Å². The molecule has 0 radical (unpaired) electrons. The minimum atomic E-state index is -0.217. The van der Waals surface area contributed by atoms with Gasteiger partial charge in [0.15, 0.2) is 16.6 Å². The van der Waals surface area contributed by atoms with Gasteiger partial charge in [0.1, 0.15) is 5.69 Å². The number of hydrogen-bond acceptors (Lipinski definition) is 5. The van der Waals surface area contributed by atoms with Crippen molar-refractivity contribution in [3.8, 4) is 16.6 Å². The Labute approximate surface area is 155 Å². The number of rotatable bonds is 4. The topological polar surface area (TPSA) is 65.4 Å². The van der Waals surface area contributed by atoms with Crippen molar-refractivity contribution >= 4 is 22.9 Å². The Kier molecular flexibility index (Phi) is 4.62. The molecule has 0 fully saturated rings. The van der Waals surface area contributed by atoms with Crippen LogP contribution in [0.25, 0.3) is 5.13 Å². The van der Waals surface area contributed by atoms with Gasteiger partial charge in [0.2, 0.25) is 0 Å². The Morgan fingerprint density at radius 2 is 2.00 bits per heavy atom. The summed E-state index contributed by atoms with van der Waals surface area (Å²) in [4.78, 5) is 18.3. The van der Waals surface area contributed by atoms with Gasteiger partial charge in [-0.1, -0.05) is 6.92 Å². The third kappa shape index (κ3) is 3.30. The van der Waals surface area contributed by atoms with Gasteiger partial charge in [0.05, 0.1) is 13.2 Å². The Hall–Kier alpha value is -2.80. The number of thiazole rings is 1. The van der Waals surface area contributed by atoms with E-state index in [1.54, 1.807) is 6.07 Å². The number of nitrogens with one attached hydrogen (secondary N) is 1. The monoisotopic (exact) mass is 369 g/mol. The van der Waals surface area contributed by atoms with Crippen molar-refractivity contribution < 1.29 is 14.3 Å². The number of fused-ring (bicyclic) bond motifs is 1. The largest absolute Gasteiger partial charge is 0.490 e. The first kappa shape index (κ1) is 16.7. The van der Waals surface area contributed by atoms with Crippen molar-refractivity contribution in [1.82, 2.24) is 9.55 Å². The normalized spacial score (nSPS) is 13.3. The number of nitrogens with zero attached hydrogens (tertiary/aromatic N) is 2. The Balaban J connectivity index is 1.58. The molecule has 1 N–H and O–H groups in total. The molecular formula is C19H19N3O3S. The molecule has 3 heterocycles. The van der Waals surface area contributed by atoms with E-state index in [9.17, 15) is 4.79 Å². The Bertz CT molecular complexity index is 918. The van der Waals surface area contributed by atoms with Crippen LogP contribution < -0.4 is 14.8 Å². The SMILES string of the molecule is CCc1sc(-n2cccc2)nc1C(=O)Nc1ccc2c(c1)OCCCO2. The molecule has 0 saturated heterocycles. The predicted molar refractivity (Wildman–Crippen MR) is 101 cm³/mol. The zero-order chi connectivity index (χ0) is 17.9. The summed E-state index contributed by atoms with van der Waals surface area (Å²) in [5.41, 5.74) is 1.13. The van der Waals surface area contributed by atoms with E-state index in [0.717, 1.165) is 22.9 Å². The smallest absolute Gasteiger partial charge is 0.275 e. The summed E-state index contributed by atoms with van der Waals surface area (Å²) >= 11 is 1.53. The summed E-state index contributed by atoms with van der Waals surface area (Å²) in [6.45, 7) is 3.27. The van der Waals surface area contributed by atoms with Gasteiger partial charge in [-0.25, -0.2) is 4.98 Å². The molecule has 0 unspecified atom stereocenters. The molecule has 1 aromatic carbocycles. The zero-order valence-corrected chi connectivity index (χ0v) is 15.2. The summed E-state index contributed by atoms with van der Waals surface area (Å²) in [7, 11) is 0. The van der Waals surface area contributed by atoms with Crippen molar-refractivity contribution in [1.29, 1.82) is 0 Å². The molecule has 0 spiro atoms. The van der Waals surface area contributed by atoms with E-state index in [-0.39, 0.29) is 5.91 Å². The lowest BCUT2D eigenvalue weighted by atomic mass is 10.2. The van der Waals surface area contributed by atoms with Gasteiger partial charge in [-0.15, -0.1) is 11.3 Å². The highest BCUT2D eigenvalue weighted by molar-refractivity contribution is 7.14. The third-order valence-electron chi connectivity index (χ3n) is 4.05. The Morgan fingerprint density at radius 3 is 2.77 bits per heavy atom. The van der Waals surface area contributed by atoms with Crippen molar-refractivity contribution in [3.63, 3.8) is 0 Å². The maximum atomic E-state index is 12.8. The Morgan fingerprint density at radius 1 is 1.23 bits per heavy atom. The molecule has 134 valence electrons. The lowest BCUT2D eigenvalue weighted by Gasteiger charge is -2.10. The second-order valence-electron chi connectivity index (χ2n) is 5.88. The number of amides is 1. The van der Waals surface area contributed by atoms with E-state index in [0.29, 0.717) is 36.1 Å². The molecule has 0 bridgehead atoms. The van der Waals surface area contributed by atoms with Crippen LogP contribution in [0.15, 0.2) is 42.7 Å². The van der Waals surface area contributed by atoms with Gasteiger partial charge in [-0.2, -0.15) is 0 Å². The summed E-state index contributed by atoms with van der Waals surface area (Å²) < 4.78 is 13.2. The second-order valence-corrected chi connectivity index (χ2v) is 6.94. The van der Waals surface area contributed by atoms with E-state index in [2.05, 4.69) is 10.3 Å². The van der Waals surface area contributed by atoms with Gasteiger partial charge < -0.3 is 19.4 Å². The van der Waals surface area contributed by atoms with E-state index in [1.807, 2.05) is 48.1 Å². The first-order chi connectivity index (χ1) is 12.7. The van der Waals surface area contributed by atoms with Gasteiger partial charge in [-0.3, -0.25) is 4.79 Å². The van der Waals surface area contributed by atoms with E-state index in [1.165, 1.54) is 11.3 Å². The zero-order valence-electron chi connectivity index (χ0n) is 14.4. The number of carbonyl (C=O) groups excluding carboxylic acids is 1. The molecule has 6 nitrogen and oxygen atoms in total. The minimum Gasteiger partial charge on any atom is -0.490 e. The summed E-state index contributed by atoms with van der Waals surface area (Å²) in [6, 6.07) is 9.30. The lowest BCUT2D eigenvalue weighted by molar-refractivity contribution is 0.102. The molecule has 0 aliphatic carbocycles. The maximum absolute atomic E-state index is 12.8. The minimum absolute atomic E-state index is 0.217. The first-order valence-corrected chi connectivity index (χ1v) is 9.40. The molecule has 3 aromatic rings. The number of aromatic nitrogens is 2. The summed E-state index contributed by atoms with van der Waals surface area (Å²) in [6.07, 6.45) is 5.44. The van der Waals surface area contributed by atoms with Crippen molar-refractivity contribution in [2.45, 2.75) is 19.8 Å². The molecular weight excluding hydrogens is 350 g/mol. The molecule has 26 heavy (non-hydrogen) atoms. The molecule has 0 saturated carbocycles. The van der Waals surface area contributed by atoms with E-state index in [4.69, 9.17) is 9.47 Å². The van der Waals surface area contributed by atoms with Crippen LogP contribution in [0.1, 0.15) is 28.7 Å². The number of aryl methyl sites for hydroxylation is 1. The third-order valence-corrected chi connectivity index (χ3v) is 5.27. The average Bonchev–Trinajstić information content (AvgIpc) is 3.27. The molecule has 7 heteroatoms. The highest BCUT2D eigenvalue weighted by Gasteiger charge is 2.19. The van der Waals surface area contributed by atoms with Crippen molar-refractivity contribution in [2.75, 3.05) is 18.5 Å². The number of carbonyl (C=O) groups is 1. The number of anilines is 1. The fourth-order valence-corrected chi connectivity index (χ4v) is 3.72. The molecule has 1 aliphatic heterocycles. The highest BCUT2D eigenvalue weighted by atomic mass is 32.1. The molecule has 0 atom stereocenters. The van der Waals surface area contributed by atoms with Crippen LogP contribution in [0.4, 0.5) is 5.69 Å².